The lowest BCUT2D eigenvalue weighted by molar-refractivity contribution is -0.204. The van der Waals surface area contributed by atoms with Crippen molar-refractivity contribution < 1.29 is 27.6 Å². The lowest BCUT2D eigenvalue weighted by Crippen LogP contribution is -2.70. The fourth-order valence-corrected chi connectivity index (χ4v) is 2.07. The number of carbonyl (C=O) groups excluding carboxylic acids is 3. The molecule has 10 heteroatoms. The molecular formula is C14H15F3N4O3. The highest BCUT2D eigenvalue weighted by Gasteiger charge is 2.68. The zero-order valence-electron chi connectivity index (χ0n) is 12.8. The molecule has 1 atom stereocenters. The van der Waals surface area contributed by atoms with Crippen molar-refractivity contribution >= 4 is 17.8 Å². The van der Waals surface area contributed by atoms with Crippen LogP contribution in [0.5, 0.6) is 0 Å². The first-order valence-corrected chi connectivity index (χ1v) is 7.00. The Hall–Kier alpha value is -2.65. The molecule has 130 valence electrons. The molecule has 0 aliphatic carbocycles. The van der Waals surface area contributed by atoms with Gasteiger partial charge in [-0.15, -0.1) is 0 Å². The Kier molecular flexibility index (Phi) is 4.50. The van der Waals surface area contributed by atoms with Crippen molar-refractivity contribution in [1.29, 1.82) is 0 Å². The Bertz CT molecular complexity index is 663. The molecule has 0 radical (unpaired) electrons. The lowest BCUT2D eigenvalue weighted by Gasteiger charge is -2.30. The van der Waals surface area contributed by atoms with Crippen molar-refractivity contribution in [2.24, 2.45) is 5.92 Å². The van der Waals surface area contributed by atoms with Crippen molar-refractivity contribution in [3.05, 3.63) is 30.1 Å². The van der Waals surface area contributed by atoms with Gasteiger partial charge in [0.25, 0.3) is 11.6 Å². The molecule has 0 saturated carbocycles. The van der Waals surface area contributed by atoms with Crippen LogP contribution in [0.3, 0.4) is 0 Å². The highest BCUT2D eigenvalue weighted by molar-refractivity contribution is 6.08. The molecule has 4 amide bonds. The Morgan fingerprint density at radius 1 is 1.42 bits per heavy atom. The van der Waals surface area contributed by atoms with Gasteiger partial charge >= 0.3 is 12.2 Å². The largest absolute Gasteiger partial charge is 0.440 e. The van der Waals surface area contributed by atoms with Crippen LogP contribution in [0.2, 0.25) is 0 Å². The second kappa shape index (κ2) is 6.10. The Labute approximate surface area is 135 Å². The predicted octanol–water partition coefficient (Wildman–Crippen LogP) is 1.16. The molecule has 1 aliphatic heterocycles. The zero-order valence-corrected chi connectivity index (χ0v) is 12.8. The van der Waals surface area contributed by atoms with Crippen molar-refractivity contribution in [2.75, 3.05) is 0 Å². The molecule has 7 nitrogen and oxygen atoms in total. The minimum atomic E-state index is -5.20. The number of urea groups is 1. The average molecular weight is 344 g/mol. The third kappa shape index (κ3) is 3.03. The topological polar surface area (TPSA) is 91.4 Å². The van der Waals surface area contributed by atoms with E-state index in [1.807, 2.05) is 0 Å². The van der Waals surface area contributed by atoms with Crippen LogP contribution in [-0.4, -0.2) is 39.6 Å². The maximum absolute atomic E-state index is 13.5. The number of imide groups is 1. The summed E-state index contributed by atoms with van der Waals surface area (Å²) in [5, 5.41) is 3.20. The number of alkyl halides is 3. The van der Waals surface area contributed by atoms with E-state index < -0.39 is 42.1 Å². The van der Waals surface area contributed by atoms with Gasteiger partial charge in [0.15, 0.2) is 0 Å². The maximum atomic E-state index is 13.5. The SMILES string of the molecule is CC(C)C(=O)NC1(C(F)(F)F)NC(=O)N(Cc2cccnc2)C1=O. The number of nitrogens with one attached hydrogen (secondary N) is 2. The number of hydrogen-bond donors (Lipinski definition) is 2. The molecule has 1 aliphatic rings. The maximum Gasteiger partial charge on any atom is 0.440 e. The predicted molar refractivity (Wildman–Crippen MR) is 75.1 cm³/mol. The summed E-state index contributed by atoms with van der Waals surface area (Å²) in [5.74, 6) is -3.40. The van der Waals surface area contributed by atoms with E-state index in [-0.39, 0.29) is 0 Å². The molecule has 1 unspecified atom stereocenters. The summed E-state index contributed by atoms with van der Waals surface area (Å²) in [7, 11) is 0. The Morgan fingerprint density at radius 3 is 2.58 bits per heavy atom. The highest BCUT2D eigenvalue weighted by atomic mass is 19.4. The number of amides is 4. The second-order valence-electron chi connectivity index (χ2n) is 5.57. The normalized spacial score (nSPS) is 21.2. The van der Waals surface area contributed by atoms with E-state index in [1.54, 1.807) is 10.6 Å². The van der Waals surface area contributed by atoms with Crippen LogP contribution >= 0.6 is 0 Å². The van der Waals surface area contributed by atoms with E-state index >= 15 is 0 Å². The Balaban J connectivity index is 2.35. The van der Waals surface area contributed by atoms with Gasteiger partial charge in [-0.25, -0.2) is 4.79 Å². The first-order chi connectivity index (χ1) is 11.1. The summed E-state index contributed by atoms with van der Waals surface area (Å²) in [6.07, 6.45) is -2.44. The van der Waals surface area contributed by atoms with Crippen LogP contribution in [0.4, 0.5) is 18.0 Å². The molecule has 1 saturated heterocycles. The molecule has 0 spiro atoms. The van der Waals surface area contributed by atoms with E-state index in [0.717, 1.165) is 0 Å². The van der Waals surface area contributed by atoms with E-state index in [9.17, 15) is 27.6 Å². The van der Waals surface area contributed by atoms with E-state index in [4.69, 9.17) is 0 Å². The molecule has 2 rings (SSSR count). The average Bonchev–Trinajstić information content (AvgIpc) is 2.73. The summed E-state index contributed by atoms with van der Waals surface area (Å²) < 4.78 is 40.5. The summed E-state index contributed by atoms with van der Waals surface area (Å²) in [5.41, 5.74) is -3.10. The molecule has 0 bridgehead atoms. The van der Waals surface area contributed by atoms with Gasteiger partial charge in [0.05, 0.1) is 6.54 Å². The fourth-order valence-electron chi connectivity index (χ4n) is 2.07. The molecule has 1 aromatic rings. The number of carbonyl (C=O) groups is 3. The van der Waals surface area contributed by atoms with Gasteiger partial charge in [-0.3, -0.25) is 24.8 Å². The van der Waals surface area contributed by atoms with Crippen LogP contribution in [0.1, 0.15) is 19.4 Å². The minimum absolute atomic E-state index is 0.370. The number of aromatic nitrogens is 1. The summed E-state index contributed by atoms with van der Waals surface area (Å²) in [6.45, 7) is 2.34. The quantitative estimate of drug-likeness (QED) is 0.802. The fraction of sp³-hybridized carbons (Fsp3) is 0.429. The highest BCUT2D eigenvalue weighted by Crippen LogP contribution is 2.34. The van der Waals surface area contributed by atoms with Gasteiger partial charge < -0.3 is 5.32 Å². The molecule has 2 N–H and O–H groups in total. The first kappa shape index (κ1) is 17.7. The minimum Gasteiger partial charge on any atom is -0.318 e. The molecule has 1 aromatic heterocycles. The molecule has 24 heavy (non-hydrogen) atoms. The van der Waals surface area contributed by atoms with Crippen LogP contribution in [0, 0.1) is 5.92 Å². The van der Waals surface area contributed by atoms with E-state index in [0.29, 0.717) is 10.5 Å². The van der Waals surface area contributed by atoms with Crippen LogP contribution in [0.25, 0.3) is 0 Å². The van der Waals surface area contributed by atoms with E-state index in [2.05, 4.69) is 4.98 Å². The van der Waals surface area contributed by atoms with Crippen LogP contribution in [-0.2, 0) is 16.1 Å². The second-order valence-corrected chi connectivity index (χ2v) is 5.57. The number of nitrogens with zero attached hydrogens (tertiary/aromatic N) is 2. The standard InChI is InChI=1S/C14H15F3N4O3/c1-8(2)10(22)19-13(14(15,16)17)11(23)21(12(24)20-13)7-9-4-3-5-18-6-9/h3-6,8H,7H2,1-2H3,(H,19,22)(H,20,24). The zero-order chi connectivity index (χ0) is 18.1. The van der Waals surface area contributed by atoms with Gasteiger partial charge in [0.2, 0.25) is 5.91 Å². The number of rotatable bonds is 4. The summed E-state index contributed by atoms with van der Waals surface area (Å²) >= 11 is 0. The van der Waals surface area contributed by atoms with E-state index in [1.165, 1.54) is 38.4 Å². The smallest absolute Gasteiger partial charge is 0.318 e. The van der Waals surface area contributed by atoms with Gasteiger partial charge in [-0.2, -0.15) is 13.2 Å². The number of pyridine rings is 1. The van der Waals surface area contributed by atoms with Crippen molar-refractivity contribution in [2.45, 2.75) is 32.2 Å². The summed E-state index contributed by atoms with van der Waals surface area (Å²) in [6, 6.07) is 1.78. The number of halogens is 3. The third-order valence-corrected chi connectivity index (χ3v) is 3.43. The van der Waals surface area contributed by atoms with Crippen molar-refractivity contribution in [3.8, 4) is 0 Å². The summed E-state index contributed by atoms with van der Waals surface area (Å²) in [4.78, 5) is 40.1. The third-order valence-electron chi connectivity index (χ3n) is 3.43. The lowest BCUT2D eigenvalue weighted by atomic mass is 10.1. The van der Waals surface area contributed by atoms with Gasteiger partial charge in [0.1, 0.15) is 0 Å². The van der Waals surface area contributed by atoms with Crippen molar-refractivity contribution in [1.82, 2.24) is 20.5 Å². The number of hydrogen-bond acceptors (Lipinski definition) is 4. The molecule has 0 aromatic carbocycles. The molecular weight excluding hydrogens is 329 g/mol. The van der Waals surface area contributed by atoms with Crippen LogP contribution in [0.15, 0.2) is 24.5 Å². The molecule has 2 heterocycles. The van der Waals surface area contributed by atoms with Gasteiger partial charge in [-0.1, -0.05) is 19.9 Å². The van der Waals surface area contributed by atoms with Gasteiger partial charge in [-0.05, 0) is 11.6 Å². The first-order valence-electron chi connectivity index (χ1n) is 7.00. The monoisotopic (exact) mass is 344 g/mol. The molecule has 1 fully saturated rings. The Morgan fingerprint density at radius 2 is 2.08 bits per heavy atom. The van der Waals surface area contributed by atoms with Crippen molar-refractivity contribution in [3.63, 3.8) is 0 Å². The van der Waals surface area contributed by atoms with Gasteiger partial charge in [0, 0.05) is 18.3 Å². The van der Waals surface area contributed by atoms with Crippen LogP contribution < -0.4 is 10.6 Å².